The minimum Gasteiger partial charge on any atom is -0.493 e. The molecule has 1 aromatic carbocycles. The highest BCUT2D eigenvalue weighted by Crippen LogP contribution is 2.29. The fraction of sp³-hybridized carbons (Fsp3) is 0.682. The molecule has 1 fully saturated rings. The fourth-order valence-electron chi connectivity index (χ4n) is 2.88. The molecule has 0 aliphatic heterocycles. The largest absolute Gasteiger partial charge is 0.493 e. The Morgan fingerprint density at radius 3 is 2.71 bits per heavy atom. The maximum atomic E-state index is 5.67. The number of guanidine groups is 1. The average molecular weight is 392 g/mol. The van der Waals surface area contributed by atoms with E-state index in [0.29, 0.717) is 6.61 Å². The van der Waals surface area contributed by atoms with Crippen LogP contribution < -0.4 is 20.1 Å². The summed E-state index contributed by atoms with van der Waals surface area (Å²) >= 11 is 0. The van der Waals surface area contributed by atoms with Crippen LogP contribution in [0.2, 0.25) is 0 Å². The highest BCUT2D eigenvalue weighted by atomic mass is 16.5. The van der Waals surface area contributed by atoms with E-state index in [0.717, 1.165) is 75.5 Å². The second kappa shape index (κ2) is 13.3. The molecule has 0 amide bonds. The molecule has 6 nitrogen and oxygen atoms in total. The molecule has 0 radical (unpaired) electrons. The Hall–Kier alpha value is -1.95. The molecule has 2 N–H and O–H groups in total. The summed E-state index contributed by atoms with van der Waals surface area (Å²) in [5, 5.41) is 6.69. The van der Waals surface area contributed by atoms with Crippen LogP contribution in [0.5, 0.6) is 11.5 Å². The molecular formula is C22H37N3O3. The Kier molecular flexibility index (Phi) is 10.6. The van der Waals surface area contributed by atoms with Gasteiger partial charge in [0.25, 0.3) is 0 Å². The third kappa shape index (κ3) is 8.83. The molecule has 28 heavy (non-hydrogen) atoms. The number of rotatable bonds is 14. The van der Waals surface area contributed by atoms with E-state index in [9.17, 15) is 0 Å². The quantitative estimate of drug-likeness (QED) is 0.289. The molecule has 1 aliphatic carbocycles. The lowest BCUT2D eigenvalue weighted by atomic mass is 10.1. The van der Waals surface area contributed by atoms with Gasteiger partial charge >= 0.3 is 0 Å². The van der Waals surface area contributed by atoms with Gasteiger partial charge in [0, 0.05) is 32.8 Å². The zero-order chi connectivity index (χ0) is 20.0. The number of aryl methyl sites for hydroxylation is 1. The molecule has 158 valence electrons. The topological polar surface area (TPSA) is 64.1 Å². The zero-order valence-electron chi connectivity index (χ0n) is 17.8. The molecule has 6 heteroatoms. The minimum absolute atomic E-state index is 0.632. The van der Waals surface area contributed by atoms with Crippen molar-refractivity contribution < 1.29 is 14.2 Å². The van der Waals surface area contributed by atoms with E-state index >= 15 is 0 Å². The molecule has 0 unspecified atom stereocenters. The summed E-state index contributed by atoms with van der Waals surface area (Å²) in [5.74, 6) is 3.31. The molecule has 0 atom stereocenters. The second-order valence-electron chi connectivity index (χ2n) is 7.08. The van der Waals surface area contributed by atoms with Crippen LogP contribution in [0, 0.1) is 5.92 Å². The molecule has 1 saturated carbocycles. The maximum absolute atomic E-state index is 5.67. The Morgan fingerprint density at radius 1 is 1.14 bits per heavy atom. The number of hydrogen-bond acceptors (Lipinski definition) is 4. The Morgan fingerprint density at radius 2 is 2.00 bits per heavy atom. The minimum atomic E-state index is 0.632. The van der Waals surface area contributed by atoms with Gasteiger partial charge in [-0.3, -0.25) is 4.99 Å². The van der Waals surface area contributed by atoms with Crippen molar-refractivity contribution in [2.75, 3.05) is 46.6 Å². The monoisotopic (exact) mass is 391 g/mol. The van der Waals surface area contributed by atoms with Crippen molar-refractivity contribution in [1.82, 2.24) is 10.6 Å². The number of hydrogen-bond donors (Lipinski definition) is 2. The lowest BCUT2D eigenvalue weighted by Crippen LogP contribution is -2.38. The lowest BCUT2D eigenvalue weighted by molar-refractivity contribution is 0.123. The van der Waals surface area contributed by atoms with Gasteiger partial charge < -0.3 is 24.8 Å². The van der Waals surface area contributed by atoms with Crippen LogP contribution in [0.25, 0.3) is 0 Å². The van der Waals surface area contributed by atoms with Crippen molar-refractivity contribution in [3.63, 3.8) is 0 Å². The summed E-state index contributed by atoms with van der Waals surface area (Å²) in [6.45, 7) is 8.98. The summed E-state index contributed by atoms with van der Waals surface area (Å²) in [4.78, 5) is 4.67. The predicted molar refractivity (Wildman–Crippen MR) is 115 cm³/mol. The van der Waals surface area contributed by atoms with Crippen molar-refractivity contribution in [2.45, 2.75) is 46.0 Å². The van der Waals surface area contributed by atoms with Crippen LogP contribution in [-0.4, -0.2) is 52.5 Å². The van der Waals surface area contributed by atoms with Gasteiger partial charge in [-0.25, -0.2) is 0 Å². The van der Waals surface area contributed by atoms with Crippen LogP contribution in [-0.2, 0) is 11.2 Å². The van der Waals surface area contributed by atoms with Gasteiger partial charge in [-0.1, -0.05) is 6.07 Å². The first-order chi connectivity index (χ1) is 13.8. The Balaban J connectivity index is 1.67. The summed E-state index contributed by atoms with van der Waals surface area (Å²) < 4.78 is 16.7. The van der Waals surface area contributed by atoms with Gasteiger partial charge in [0.1, 0.15) is 0 Å². The molecular weight excluding hydrogens is 354 g/mol. The van der Waals surface area contributed by atoms with Gasteiger partial charge in [-0.05, 0) is 69.6 Å². The molecule has 0 aromatic heterocycles. The molecule has 1 aromatic rings. The highest BCUT2D eigenvalue weighted by molar-refractivity contribution is 5.79. The number of benzene rings is 1. The maximum Gasteiger partial charge on any atom is 0.191 e. The zero-order valence-corrected chi connectivity index (χ0v) is 17.8. The first-order valence-electron chi connectivity index (χ1n) is 10.7. The standard InChI is InChI=1S/C22H37N3O3/c1-4-23-22(25-14-7-15-27-17-19-9-10-19)24-13-6-8-18-11-12-20(26-3)21(16-18)28-5-2/h11-12,16,19H,4-10,13-15,17H2,1-3H3,(H2,23,24,25). The van der Waals surface area contributed by atoms with E-state index < -0.39 is 0 Å². The van der Waals surface area contributed by atoms with E-state index in [1.54, 1.807) is 7.11 Å². The number of methoxy groups -OCH3 is 1. The Bertz CT molecular complexity index is 588. The van der Waals surface area contributed by atoms with Gasteiger partial charge in [-0.15, -0.1) is 0 Å². The van der Waals surface area contributed by atoms with Gasteiger partial charge in [-0.2, -0.15) is 0 Å². The van der Waals surface area contributed by atoms with Gasteiger partial charge in [0.2, 0.25) is 0 Å². The number of nitrogens with one attached hydrogen (secondary N) is 2. The van der Waals surface area contributed by atoms with Crippen molar-refractivity contribution >= 4 is 5.96 Å². The van der Waals surface area contributed by atoms with Gasteiger partial charge in [0.05, 0.1) is 13.7 Å². The molecule has 0 spiro atoms. The third-order valence-electron chi connectivity index (χ3n) is 4.57. The van der Waals surface area contributed by atoms with Gasteiger partial charge in [0.15, 0.2) is 17.5 Å². The normalized spacial score (nSPS) is 14.0. The SMILES string of the molecule is CCNC(=NCCCc1ccc(OC)c(OCC)c1)NCCCOCC1CC1. The van der Waals surface area contributed by atoms with E-state index in [-0.39, 0.29) is 0 Å². The molecule has 2 rings (SSSR count). The molecule has 0 heterocycles. The smallest absolute Gasteiger partial charge is 0.191 e. The highest BCUT2D eigenvalue weighted by Gasteiger charge is 2.20. The van der Waals surface area contributed by atoms with Crippen LogP contribution in [0.3, 0.4) is 0 Å². The molecule has 0 saturated heterocycles. The summed E-state index contributed by atoms with van der Waals surface area (Å²) in [5.41, 5.74) is 1.24. The van der Waals surface area contributed by atoms with Crippen LogP contribution in [0.15, 0.2) is 23.2 Å². The average Bonchev–Trinajstić information content (AvgIpc) is 3.52. The summed E-state index contributed by atoms with van der Waals surface area (Å²) in [6.07, 6.45) is 5.64. The van der Waals surface area contributed by atoms with Crippen LogP contribution in [0.4, 0.5) is 0 Å². The van der Waals surface area contributed by atoms with Crippen LogP contribution >= 0.6 is 0 Å². The van der Waals surface area contributed by atoms with E-state index in [1.165, 1.54) is 18.4 Å². The van der Waals surface area contributed by atoms with Crippen molar-refractivity contribution in [3.05, 3.63) is 23.8 Å². The second-order valence-corrected chi connectivity index (χ2v) is 7.08. The first kappa shape index (κ1) is 22.3. The number of aliphatic imine (C=N–C) groups is 1. The lowest BCUT2D eigenvalue weighted by Gasteiger charge is -2.12. The Labute approximate surface area is 170 Å². The van der Waals surface area contributed by atoms with Crippen molar-refractivity contribution in [2.24, 2.45) is 10.9 Å². The molecule has 0 bridgehead atoms. The van der Waals surface area contributed by atoms with Crippen LogP contribution in [0.1, 0.15) is 45.1 Å². The summed E-state index contributed by atoms with van der Waals surface area (Å²) in [6, 6.07) is 6.13. The summed E-state index contributed by atoms with van der Waals surface area (Å²) in [7, 11) is 1.67. The third-order valence-corrected chi connectivity index (χ3v) is 4.57. The predicted octanol–water partition coefficient (Wildman–Crippen LogP) is 3.40. The van der Waals surface area contributed by atoms with E-state index in [4.69, 9.17) is 14.2 Å². The number of nitrogens with zero attached hydrogens (tertiary/aromatic N) is 1. The first-order valence-corrected chi connectivity index (χ1v) is 10.7. The molecule has 1 aliphatic rings. The van der Waals surface area contributed by atoms with Crippen molar-refractivity contribution in [3.8, 4) is 11.5 Å². The van der Waals surface area contributed by atoms with E-state index in [2.05, 4.69) is 34.7 Å². The van der Waals surface area contributed by atoms with Crippen molar-refractivity contribution in [1.29, 1.82) is 0 Å². The fourth-order valence-corrected chi connectivity index (χ4v) is 2.88. The number of ether oxygens (including phenoxy) is 3. The van der Waals surface area contributed by atoms with E-state index in [1.807, 2.05) is 13.0 Å².